The Morgan fingerprint density at radius 2 is 1.84 bits per heavy atom. The highest BCUT2D eigenvalue weighted by atomic mass is 35.5. The molecule has 1 aliphatic rings. The van der Waals surface area contributed by atoms with Gasteiger partial charge in [0.2, 0.25) is 0 Å². The van der Waals surface area contributed by atoms with E-state index < -0.39 is 0 Å². The van der Waals surface area contributed by atoms with Crippen LogP contribution in [0.3, 0.4) is 0 Å². The molecule has 4 nitrogen and oxygen atoms in total. The number of hydrogen-bond acceptors (Lipinski definition) is 2. The van der Waals surface area contributed by atoms with Gasteiger partial charge in [-0.15, -0.1) is 0 Å². The number of carbonyl (C=O) groups excluding carboxylic acids is 1. The molecule has 1 saturated heterocycles. The summed E-state index contributed by atoms with van der Waals surface area (Å²) in [6.07, 6.45) is 3.77. The Hall–Kier alpha value is -1.81. The summed E-state index contributed by atoms with van der Waals surface area (Å²) in [4.78, 5) is 15.2. The van der Waals surface area contributed by atoms with Crippen molar-refractivity contribution in [2.24, 2.45) is 5.92 Å². The van der Waals surface area contributed by atoms with Crippen LogP contribution in [-0.2, 0) is 12.8 Å². The topological polar surface area (TPSA) is 38.1 Å². The van der Waals surface area contributed by atoms with Gasteiger partial charge in [-0.1, -0.05) is 32.4 Å². The molecule has 1 amide bonds. The Bertz CT molecular complexity index is 743. The van der Waals surface area contributed by atoms with Crippen molar-refractivity contribution in [2.45, 2.75) is 46.5 Å². The highest BCUT2D eigenvalue weighted by Crippen LogP contribution is 2.25. The van der Waals surface area contributed by atoms with E-state index in [4.69, 9.17) is 16.7 Å². The zero-order chi connectivity index (χ0) is 18.0. The lowest BCUT2D eigenvalue weighted by molar-refractivity contribution is 0.0790. The van der Waals surface area contributed by atoms with Crippen LogP contribution in [0.25, 0.3) is 5.69 Å². The van der Waals surface area contributed by atoms with Crippen molar-refractivity contribution in [3.63, 3.8) is 0 Å². The SMILES string of the molecule is CCc1c(C(=O)N2CCCC2)c(CC(C)C)nn1-c1ccc(Cl)cc1. The van der Waals surface area contributed by atoms with E-state index in [1.165, 1.54) is 0 Å². The molecule has 0 aliphatic carbocycles. The molecule has 0 spiro atoms. The molecule has 0 atom stereocenters. The van der Waals surface area contributed by atoms with Crippen LogP contribution < -0.4 is 0 Å². The summed E-state index contributed by atoms with van der Waals surface area (Å²) in [5.74, 6) is 0.591. The maximum atomic E-state index is 13.2. The van der Waals surface area contributed by atoms with Crippen molar-refractivity contribution < 1.29 is 4.79 Å². The average molecular weight is 360 g/mol. The molecule has 0 saturated carbocycles. The van der Waals surface area contributed by atoms with Crippen LogP contribution in [-0.4, -0.2) is 33.7 Å². The van der Waals surface area contributed by atoms with Crippen LogP contribution in [0.15, 0.2) is 24.3 Å². The highest BCUT2D eigenvalue weighted by Gasteiger charge is 2.28. The van der Waals surface area contributed by atoms with E-state index in [1.54, 1.807) is 0 Å². The molecule has 1 aromatic heterocycles. The van der Waals surface area contributed by atoms with Crippen molar-refractivity contribution in [3.05, 3.63) is 46.2 Å². The van der Waals surface area contributed by atoms with E-state index in [2.05, 4.69) is 20.8 Å². The van der Waals surface area contributed by atoms with Crippen molar-refractivity contribution in [3.8, 4) is 5.69 Å². The fraction of sp³-hybridized carbons (Fsp3) is 0.500. The fourth-order valence-electron chi connectivity index (χ4n) is 3.48. The van der Waals surface area contributed by atoms with E-state index in [9.17, 15) is 4.79 Å². The Balaban J connectivity index is 2.10. The average Bonchev–Trinajstić information content (AvgIpc) is 3.22. The fourth-order valence-corrected chi connectivity index (χ4v) is 3.61. The number of likely N-dealkylation sites (tertiary alicyclic amines) is 1. The molecule has 134 valence electrons. The maximum Gasteiger partial charge on any atom is 0.257 e. The molecule has 3 rings (SSSR count). The molecule has 25 heavy (non-hydrogen) atoms. The molecule has 1 aliphatic heterocycles. The minimum Gasteiger partial charge on any atom is -0.339 e. The zero-order valence-corrected chi connectivity index (χ0v) is 16.0. The van der Waals surface area contributed by atoms with Crippen molar-refractivity contribution >= 4 is 17.5 Å². The first-order valence-electron chi connectivity index (χ1n) is 9.17. The van der Waals surface area contributed by atoms with Crippen molar-refractivity contribution in [1.82, 2.24) is 14.7 Å². The van der Waals surface area contributed by atoms with Gasteiger partial charge in [-0.05, 0) is 55.9 Å². The van der Waals surface area contributed by atoms with Gasteiger partial charge in [0, 0.05) is 18.1 Å². The minimum absolute atomic E-state index is 0.144. The third-order valence-electron chi connectivity index (χ3n) is 4.67. The van der Waals surface area contributed by atoms with E-state index in [0.29, 0.717) is 10.9 Å². The van der Waals surface area contributed by atoms with Gasteiger partial charge < -0.3 is 4.90 Å². The Kier molecular flexibility index (Phi) is 5.48. The Morgan fingerprint density at radius 1 is 1.20 bits per heavy atom. The van der Waals surface area contributed by atoms with Crippen LogP contribution in [0, 0.1) is 5.92 Å². The minimum atomic E-state index is 0.144. The Labute approximate surface area is 154 Å². The molecule has 1 aromatic carbocycles. The maximum absolute atomic E-state index is 13.2. The van der Waals surface area contributed by atoms with Crippen molar-refractivity contribution in [2.75, 3.05) is 13.1 Å². The summed E-state index contributed by atoms with van der Waals surface area (Å²) >= 11 is 6.02. The zero-order valence-electron chi connectivity index (χ0n) is 15.3. The van der Waals surface area contributed by atoms with Crippen LogP contribution in [0.1, 0.15) is 55.4 Å². The van der Waals surface area contributed by atoms with E-state index in [0.717, 1.165) is 61.4 Å². The normalized spacial score (nSPS) is 14.5. The first-order chi connectivity index (χ1) is 12.0. The lowest BCUT2D eigenvalue weighted by Gasteiger charge is -2.17. The number of aromatic nitrogens is 2. The summed E-state index contributed by atoms with van der Waals surface area (Å²) in [6.45, 7) is 8.13. The number of carbonyl (C=O) groups is 1. The molecule has 1 fully saturated rings. The molecule has 0 N–H and O–H groups in total. The quantitative estimate of drug-likeness (QED) is 0.787. The number of halogens is 1. The summed E-state index contributed by atoms with van der Waals surface area (Å²) in [6, 6.07) is 7.64. The van der Waals surface area contributed by atoms with Crippen LogP contribution in [0.2, 0.25) is 5.02 Å². The molecule has 5 heteroatoms. The van der Waals surface area contributed by atoms with Gasteiger partial charge in [0.1, 0.15) is 0 Å². The molecule has 2 heterocycles. The predicted molar refractivity (Wildman–Crippen MR) is 102 cm³/mol. The first-order valence-corrected chi connectivity index (χ1v) is 9.55. The first kappa shape index (κ1) is 18.0. The molecular formula is C20H26ClN3O. The highest BCUT2D eigenvalue weighted by molar-refractivity contribution is 6.30. The summed E-state index contributed by atoms with van der Waals surface area (Å²) in [5.41, 5.74) is 3.67. The van der Waals surface area contributed by atoms with Gasteiger partial charge in [0.15, 0.2) is 0 Å². The Morgan fingerprint density at radius 3 is 2.40 bits per heavy atom. The number of hydrogen-bond donors (Lipinski definition) is 0. The third-order valence-corrected chi connectivity index (χ3v) is 4.92. The lowest BCUT2D eigenvalue weighted by atomic mass is 10.0. The predicted octanol–water partition coefficient (Wildman–Crippen LogP) is 4.52. The molecule has 2 aromatic rings. The van der Waals surface area contributed by atoms with Crippen LogP contribution in [0.4, 0.5) is 0 Å². The van der Waals surface area contributed by atoms with E-state index in [-0.39, 0.29) is 5.91 Å². The van der Waals surface area contributed by atoms with Gasteiger partial charge in [-0.25, -0.2) is 4.68 Å². The monoisotopic (exact) mass is 359 g/mol. The van der Waals surface area contributed by atoms with Gasteiger partial charge in [-0.3, -0.25) is 4.79 Å². The van der Waals surface area contributed by atoms with Gasteiger partial charge in [-0.2, -0.15) is 5.10 Å². The van der Waals surface area contributed by atoms with Crippen molar-refractivity contribution in [1.29, 1.82) is 0 Å². The van der Waals surface area contributed by atoms with Gasteiger partial charge in [0.05, 0.1) is 22.6 Å². The smallest absolute Gasteiger partial charge is 0.257 e. The summed E-state index contributed by atoms with van der Waals surface area (Å²) in [5, 5.41) is 5.54. The van der Waals surface area contributed by atoms with E-state index >= 15 is 0 Å². The largest absolute Gasteiger partial charge is 0.339 e. The second-order valence-electron chi connectivity index (χ2n) is 7.11. The lowest BCUT2D eigenvalue weighted by Crippen LogP contribution is -2.29. The summed E-state index contributed by atoms with van der Waals surface area (Å²) < 4.78 is 1.93. The standard InChI is InChI=1S/C20H26ClN3O/c1-4-18-19(20(25)23-11-5-6-12-23)17(13-14(2)3)22-24(18)16-9-7-15(21)8-10-16/h7-10,14H,4-6,11-13H2,1-3H3. The number of amides is 1. The number of benzene rings is 1. The molecule has 0 unspecified atom stereocenters. The third kappa shape index (κ3) is 3.74. The number of rotatable bonds is 5. The molecule has 0 bridgehead atoms. The number of nitrogens with zero attached hydrogens (tertiary/aromatic N) is 3. The van der Waals surface area contributed by atoms with Gasteiger partial charge in [0.25, 0.3) is 5.91 Å². The van der Waals surface area contributed by atoms with Crippen LogP contribution in [0.5, 0.6) is 0 Å². The second kappa shape index (κ2) is 7.61. The molecule has 0 radical (unpaired) electrons. The second-order valence-corrected chi connectivity index (χ2v) is 7.54. The van der Waals surface area contributed by atoms with Gasteiger partial charge >= 0.3 is 0 Å². The van der Waals surface area contributed by atoms with Crippen LogP contribution >= 0.6 is 11.6 Å². The molecular weight excluding hydrogens is 334 g/mol. The van der Waals surface area contributed by atoms with E-state index in [1.807, 2.05) is 33.8 Å². The summed E-state index contributed by atoms with van der Waals surface area (Å²) in [7, 11) is 0.